The molecule has 0 amide bonds. The van der Waals surface area contributed by atoms with Crippen molar-refractivity contribution in [2.24, 2.45) is 0 Å². The maximum absolute atomic E-state index is 14.0. The third kappa shape index (κ3) is 3.04. The SMILES string of the molecule is Fc1ccccc1Cn1nc(-c2ncc(F)c(=S)[nH]2)cc1-c1ccon1. The molecule has 0 fully saturated rings. The molecule has 3 aromatic heterocycles. The van der Waals surface area contributed by atoms with E-state index < -0.39 is 5.82 Å². The Balaban J connectivity index is 1.82. The number of halogens is 2. The standard InChI is InChI=1S/C17H11F2N5OS/c18-11-4-2-1-3-10(11)9-24-15(13-5-6-25-23-13)7-14(22-24)16-20-8-12(19)17(26)21-16/h1-8H,9H2,(H,20,21,26). The van der Waals surface area contributed by atoms with Gasteiger partial charge in [-0.15, -0.1) is 0 Å². The fraction of sp³-hybridized carbons (Fsp3) is 0.0588. The van der Waals surface area contributed by atoms with Crippen molar-refractivity contribution < 1.29 is 13.3 Å². The van der Waals surface area contributed by atoms with E-state index in [0.29, 0.717) is 28.5 Å². The van der Waals surface area contributed by atoms with Crippen LogP contribution in [0.2, 0.25) is 0 Å². The van der Waals surface area contributed by atoms with E-state index in [1.54, 1.807) is 35.0 Å². The third-order valence-corrected chi connectivity index (χ3v) is 4.05. The molecule has 0 atom stereocenters. The maximum atomic E-state index is 14.0. The number of rotatable bonds is 4. The molecule has 1 aromatic carbocycles. The molecule has 0 bridgehead atoms. The van der Waals surface area contributed by atoms with Gasteiger partial charge in [0.2, 0.25) is 0 Å². The first-order valence-corrected chi connectivity index (χ1v) is 8.00. The Kier molecular flexibility index (Phi) is 4.13. The van der Waals surface area contributed by atoms with E-state index in [9.17, 15) is 8.78 Å². The van der Waals surface area contributed by atoms with Crippen molar-refractivity contribution in [3.63, 3.8) is 0 Å². The summed E-state index contributed by atoms with van der Waals surface area (Å²) in [4.78, 5) is 6.67. The Morgan fingerprint density at radius 3 is 2.69 bits per heavy atom. The molecule has 26 heavy (non-hydrogen) atoms. The normalized spacial score (nSPS) is 11.0. The lowest BCUT2D eigenvalue weighted by molar-refractivity contribution is 0.421. The van der Waals surface area contributed by atoms with Crippen molar-refractivity contribution >= 4 is 12.2 Å². The molecule has 6 nitrogen and oxygen atoms in total. The highest BCUT2D eigenvalue weighted by Crippen LogP contribution is 2.24. The fourth-order valence-electron chi connectivity index (χ4n) is 2.50. The monoisotopic (exact) mass is 371 g/mol. The average molecular weight is 371 g/mol. The minimum Gasteiger partial charge on any atom is -0.364 e. The summed E-state index contributed by atoms with van der Waals surface area (Å²) in [7, 11) is 0. The minimum atomic E-state index is -0.619. The summed E-state index contributed by atoms with van der Waals surface area (Å²) in [5, 5.41) is 8.36. The summed E-state index contributed by atoms with van der Waals surface area (Å²) in [6.07, 6.45) is 2.46. The van der Waals surface area contributed by atoms with Crippen LogP contribution in [0.1, 0.15) is 5.56 Å². The molecule has 0 spiro atoms. The Bertz CT molecular complexity index is 1120. The molecule has 0 aliphatic heterocycles. The molecule has 0 aliphatic carbocycles. The largest absolute Gasteiger partial charge is 0.364 e. The molecular weight excluding hydrogens is 360 g/mol. The molecule has 1 N–H and O–H groups in total. The molecule has 4 rings (SSSR count). The molecule has 130 valence electrons. The van der Waals surface area contributed by atoms with E-state index in [4.69, 9.17) is 16.7 Å². The second-order valence-corrected chi connectivity index (χ2v) is 5.87. The van der Waals surface area contributed by atoms with Gasteiger partial charge in [-0.3, -0.25) is 4.68 Å². The molecule has 0 saturated heterocycles. The van der Waals surface area contributed by atoms with Crippen molar-refractivity contribution in [2.75, 3.05) is 0 Å². The second-order valence-electron chi connectivity index (χ2n) is 5.46. The van der Waals surface area contributed by atoms with Gasteiger partial charge in [0.05, 0.1) is 18.4 Å². The van der Waals surface area contributed by atoms with Gasteiger partial charge in [-0.1, -0.05) is 35.6 Å². The molecule has 0 radical (unpaired) electrons. The molecule has 4 aromatic rings. The number of hydrogen-bond acceptors (Lipinski definition) is 5. The third-order valence-electron chi connectivity index (χ3n) is 3.76. The number of nitrogens with zero attached hydrogens (tertiary/aromatic N) is 4. The molecule has 0 saturated carbocycles. The summed E-state index contributed by atoms with van der Waals surface area (Å²) >= 11 is 4.90. The van der Waals surface area contributed by atoms with Gasteiger partial charge < -0.3 is 9.51 Å². The van der Waals surface area contributed by atoms with Crippen LogP contribution in [-0.2, 0) is 6.54 Å². The predicted octanol–water partition coefficient (Wildman–Crippen LogP) is 3.98. The van der Waals surface area contributed by atoms with Crippen LogP contribution in [0.15, 0.2) is 53.4 Å². The van der Waals surface area contributed by atoms with Crippen molar-refractivity contribution in [1.82, 2.24) is 24.9 Å². The zero-order chi connectivity index (χ0) is 18.1. The van der Waals surface area contributed by atoms with Gasteiger partial charge in [0.25, 0.3) is 0 Å². The topological polar surface area (TPSA) is 72.5 Å². The highest BCUT2D eigenvalue weighted by Gasteiger charge is 2.16. The van der Waals surface area contributed by atoms with E-state index in [-0.39, 0.29) is 17.0 Å². The van der Waals surface area contributed by atoms with Crippen molar-refractivity contribution in [3.8, 4) is 22.9 Å². The lowest BCUT2D eigenvalue weighted by atomic mass is 10.2. The number of nitrogens with one attached hydrogen (secondary N) is 1. The second kappa shape index (κ2) is 6.60. The summed E-state index contributed by atoms with van der Waals surface area (Å²) in [5.41, 5.74) is 2.01. The zero-order valence-corrected chi connectivity index (χ0v) is 14.0. The van der Waals surface area contributed by atoms with Crippen LogP contribution in [0, 0.1) is 16.3 Å². The van der Waals surface area contributed by atoms with Crippen LogP contribution >= 0.6 is 12.2 Å². The Morgan fingerprint density at radius 2 is 1.96 bits per heavy atom. The number of benzene rings is 1. The first-order valence-electron chi connectivity index (χ1n) is 7.59. The Labute approximate surface area is 151 Å². The van der Waals surface area contributed by atoms with Gasteiger partial charge in [-0.25, -0.2) is 13.8 Å². The first-order chi connectivity index (χ1) is 12.6. The summed E-state index contributed by atoms with van der Waals surface area (Å²) in [5.74, 6) is -0.658. The smallest absolute Gasteiger partial charge is 0.176 e. The Hall–Kier alpha value is -3.20. The highest BCUT2D eigenvalue weighted by atomic mass is 32.1. The first kappa shape index (κ1) is 16.3. The van der Waals surface area contributed by atoms with Crippen LogP contribution in [0.3, 0.4) is 0 Å². The van der Waals surface area contributed by atoms with Crippen LogP contribution in [0.25, 0.3) is 22.9 Å². The van der Waals surface area contributed by atoms with E-state index in [1.165, 1.54) is 12.3 Å². The van der Waals surface area contributed by atoms with Gasteiger partial charge in [-0.05, 0) is 12.1 Å². The van der Waals surface area contributed by atoms with E-state index in [1.807, 2.05) is 0 Å². The highest BCUT2D eigenvalue weighted by molar-refractivity contribution is 7.71. The molecular formula is C17H11F2N5OS. The van der Waals surface area contributed by atoms with Gasteiger partial charge in [0.15, 0.2) is 11.6 Å². The van der Waals surface area contributed by atoms with Crippen molar-refractivity contribution in [1.29, 1.82) is 0 Å². The molecule has 0 aliphatic rings. The number of H-pyrrole nitrogens is 1. The van der Waals surface area contributed by atoms with Gasteiger partial charge in [-0.2, -0.15) is 5.10 Å². The van der Waals surface area contributed by atoms with Crippen LogP contribution in [0.4, 0.5) is 8.78 Å². The fourth-order valence-corrected chi connectivity index (χ4v) is 2.65. The number of aromatic nitrogens is 5. The lowest BCUT2D eigenvalue weighted by Gasteiger charge is -2.06. The van der Waals surface area contributed by atoms with Crippen LogP contribution in [0.5, 0.6) is 0 Å². The van der Waals surface area contributed by atoms with E-state index in [0.717, 1.165) is 6.20 Å². The van der Waals surface area contributed by atoms with Gasteiger partial charge in [0.1, 0.15) is 28.1 Å². The van der Waals surface area contributed by atoms with Crippen LogP contribution < -0.4 is 0 Å². The van der Waals surface area contributed by atoms with E-state index >= 15 is 0 Å². The van der Waals surface area contributed by atoms with E-state index in [2.05, 4.69) is 20.2 Å². The van der Waals surface area contributed by atoms with Crippen molar-refractivity contribution in [2.45, 2.75) is 6.54 Å². The van der Waals surface area contributed by atoms with Gasteiger partial charge in [0, 0.05) is 11.6 Å². The van der Waals surface area contributed by atoms with Crippen molar-refractivity contribution in [3.05, 3.63) is 70.7 Å². The maximum Gasteiger partial charge on any atom is 0.176 e. The Morgan fingerprint density at radius 1 is 1.12 bits per heavy atom. The zero-order valence-electron chi connectivity index (χ0n) is 13.2. The van der Waals surface area contributed by atoms with Crippen LogP contribution in [-0.4, -0.2) is 24.9 Å². The minimum absolute atomic E-state index is 0.0679. The molecule has 9 heteroatoms. The summed E-state index contributed by atoms with van der Waals surface area (Å²) in [6.45, 7) is 0.177. The number of aromatic amines is 1. The predicted molar refractivity (Wildman–Crippen MR) is 91.6 cm³/mol. The van der Waals surface area contributed by atoms with Gasteiger partial charge >= 0.3 is 0 Å². The molecule has 3 heterocycles. The molecule has 0 unspecified atom stereocenters. The summed E-state index contributed by atoms with van der Waals surface area (Å²) in [6, 6.07) is 9.79. The lowest BCUT2D eigenvalue weighted by Crippen LogP contribution is -2.06. The average Bonchev–Trinajstić information content (AvgIpc) is 3.29. The quantitative estimate of drug-likeness (QED) is 0.549. The number of hydrogen-bond donors (Lipinski definition) is 1. The summed E-state index contributed by atoms with van der Waals surface area (Å²) < 4.78 is 33.8.